The number of methoxy groups -OCH3 is 1. The minimum Gasteiger partial charge on any atom is -0.497 e. The van der Waals surface area contributed by atoms with E-state index in [2.05, 4.69) is 0 Å². The van der Waals surface area contributed by atoms with E-state index in [1.807, 2.05) is 61.3 Å². The SMILES string of the molecule is COc1ccc(N(C)c2ccc([C@H](C)N)cc2Cl)cc1. The van der Waals surface area contributed by atoms with Crippen LogP contribution < -0.4 is 15.4 Å². The lowest BCUT2D eigenvalue weighted by molar-refractivity contribution is 0.415. The number of benzene rings is 2. The average molecular weight is 291 g/mol. The fourth-order valence-electron chi connectivity index (χ4n) is 2.02. The molecule has 0 bridgehead atoms. The van der Waals surface area contributed by atoms with Gasteiger partial charge in [-0.25, -0.2) is 0 Å². The Balaban J connectivity index is 2.30. The molecule has 0 aliphatic rings. The highest BCUT2D eigenvalue weighted by molar-refractivity contribution is 6.33. The molecule has 0 amide bonds. The smallest absolute Gasteiger partial charge is 0.119 e. The lowest BCUT2D eigenvalue weighted by atomic mass is 10.1. The third-order valence-electron chi connectivity index (χ3n) is 3.32. The van der Waals surface area contributed by atoms with Gasteiger partial charge in [-0.05, 0) is 48.9 Å². The van der Waals surface area contributed by atoms with Crippen LogP contribution in [0.2, 0.25) is 5.02 Å². The summed E-state index contributed by atoms with van der Waals surface area (Å²) in [6, 6.07) is 13.7. The molecule has 1 atom stereocenters. The number of nitrogens with two attached hydrogens (primary N) is 1. The first kappa shape index (κ1) is 14.7. The van der Waals surface area contributed by atoms with Crippen molar-refractivity contribution in [1.29, 1.82) is 0 Å². The second-order valence-electron chi connectivity index (χ2n) is 4.76. The van der Waals surface area contributed by atoms with Gasteiger partial charge in [0, 0.05) is 18.8 Å². The number of rotatable bonds is 4. The topological polar surface area (TPSA) is 38.5 Å². The van der Waals surface area contributed by atoms with Crippen LogP contribution in [0.5, 0.6) is 5.75 Å². The van der Waals surface area contributed by atoms with E-state index in [1.165, 1.54) is 0 Å². The normalized spacial score (nSPS) is 12.1. The summed E-state index contributed by atoms with van der Waals surface area (Å²) in [5, 5.41) is 0.693. The molecule has 106 valence electrons. The number of hydrogen-bond acceptors (Lipinski definition) is 3. The van der Waals surface area contributed by atoms with Gasteiger partial charge in [0.05, 0.1) is 17.8 Å². The summed E-state index contributed by atoms with van der Waals surface area (Å²) in [7, 11) is 3.64. The Labute approximate surface area is 124 Å². The van der Waals surface area contributed by atoms with Gasteiger partial charge in [-0.15, -0.1) is 0 Å². The quantitative estimate of drug-likeness (QED) is 0.920. The first-order valence-corrected chi connectivity index (χ1v) is 6.83. The Morgan fingerprint density at radius 1 is 1.15 bits per heavy atom. The Hall–Kier alpha value is -1.71. The first-order chi connectivity index (χ1) is 9.52. The van der Waals surface area contributed by atoms with Crippen molar-refractivity contribution in [2.45, 2.75) is 13.0 Å². The zero-order valence-electron chi connectivity index (χ0n) is 11.9. The predicted octanol–water partition coefficient (Wildman–Crippen LogP) is 4.14. The molecule has 0 fully saturated rings. The van der Waals surface area contributed by atoms with Gasteiger partial charge in [-0.1, -0.05) is 17.7 Å². The molecule has 0 radical (unpaired) electrons. The van der Waals surface area contributed by atoms with E-state index in [0.717, 1.165) is 22.7 Å². The number of nitrogens with zero attached hydrogens (tertiary/aromatic N) is 1. The van der Waals surface area contributed by atoms with E-state index in [4.69, 9.17) is 22.1 Å². The highest BCUT2D eigenvalue weighted by Gasteiger charge is 2.10. The molecule has 0 unspecified atom stereocenters. The molecule has 0 saturated heterocycles. The lowest BCUT2D eigenvalue weighted by Gasteiger charge is -2.22. The van der Waals surface area contributed by atoms with Crippen molar-refractivity contribution in [3.05, 3.63) is 53.1 Å². The van der Waals surface area contributed by atoms with E-state index in [0.29, 0.717) is 5.02 Å². The average Bonchev–Trinajstić information content (AvgIpc) is 2.46. The number of anilines is 2. The molecule has 0 aliphatic heterocycles. The van der Waals surface area contributed by atoms with Crippen molar-refractivity contribution < 1.29 is 4.74 Å². The largest absolute Gasteiger partial charge is 0.497 e. The van der Waals surface area contributed by atoms with Crippen LogP contribution in [0.25, 0.3) is 0 Å². The minimum absolute atomic E-state index is 0.0205. The van der Waals surface area contributed by atoms with E-state index in [-0.39, 0.29) is 6.04 Å². The van der Waals surface area contributed by atoms with Crippen molar-refractivity contribution in [2.75, 3.05) is 19.1 Å². The van der Waals surface area contributed by atoms with E-state index in [9.17, 15) is 0 Å². The molecule has 0 aromatic heterocycles. The molecule has 0 aliphatic carbocycles. The number of halogens is 1. The highest BCUT2D eigenvalue weighted by Crippen LogP contribution is 2.32. The summed E-state index contributed by atoms with van der Waals surface area (Å²) in [6.07, 6.45) is 0. The Bertz CT molecular complexity index is 582. The summed E-state index contributed by atoms with van der Waals surface area (Å²) in [6.45, 7) is 1.94. The van der Waals surface area contributed by atoms with E-state index in [1.54, 1.807) is 7.11 Å². The monoisotopic (exact) mass is 290 g/mol. The van der Waals surface area contributed by atoms with E-state index < -0.39 is 0 Å². The lowest BCUT2D eigenvalue weighted by Crippen LogP contribution is -2.11. The Morgan fingerprint density at radius 2 is 1.80 bits per heavy atom. The third kappa shape index (κ3) is 3.06. The van der Waals surface area contributed by atoms with Crippen LogP contribution in [0, 0.1) is 0 Å². The van der Waals surface area contributed by atoms with Crippen molar-refractivity contribution in [2.24, 2.45) is 5.73 Å². The second kappa shape index (κ2) is 6.16. The van der Waals surface area contributed by atoms with Crippen molar-refractivity contribution >= 4 is 23.0 Å². The van der Waals surface area contributed by atoms with Crippen molar-refractivity contribution in [1.82, 2.24) is 0 Å². The van der Waals surface area contributed by atoms with Crippen LogP contribution >= 0.6 is 11.6 Å². The predicted molar refractivity (Wildman–Crippen MR) is 85.1 cm³/mol. The van der Waals surface area contributed by atoms with Crippen LogP contribution in [0.15, 0.2) is 42.5 Å². The van der Waals surface area contributed by atoms with Gasteiger partial charge in [-0.3, -0.25) is 0 Å². The summed E-state index contributed by atoms with van der Waals surface area (Å²) in [5.74, 6) is 0.834. The maximum Gasteiger partial charge on any atom is 0.119 e. The number of hydrogen-bond donors (Lipinski definition) is 1. The highest BCUT2D eigenvalue weighted by atomic mass is 35.5. The molecule has 20 heavy (non-hydrogen) atoms. The summed E-state index contributed by atoms with van der Waals surface area (Å²) in [5.41, 5.74) is 8.88. The van der Waals surface area contributed by atoms with Crippen LogP contribution in [0.4, 0.5) is 11.4 Å². The summed E-state index contributed by atoms with van der Waals surface area (Å²) in [4.78, 5) is 2.03. The second-order valence-corrected chi connectivity index (χ2v) is 5.16. The maximum atomic E-state index is 6.35. The van der Waals surface area contributed by atoms with Crippen LogP contribution in [0.1, 0.15) is 18.5 Å². The molecule has 0 heterocycles. The summed E-state index contributed by atoms with van der Waals surface area (Å²) < 4.78 is 5.16. The Kier molecular flexibility index (Phi) is 4.53. The van der Waals surface area contributed by atoms with Gasteiger partial charge in [0.15, 0.2) is 0 Å². The van der Waals surface area contributed by atoms with E-state index >= 15 is 0 Å². The van der Waals surface area contributed by atoms with Crippen molar-refractivity contribution in [3.63, 3.8) is 0 Å². The standard InChI is InChI=1S/C16H19ClN2O/c1-11(18)12-4-9-16(15(17)10-12)19(2)13-5-7-14(20-3)8-6-13/h4-11H,18H2,1-3H3/t11-/m0/s1. The molecule has 2 aromatic carbocycles. The van der Waals surface area contributed by atoms with Crippen LogP contribution in [-0.2, 0) is 0 Å². The first-order valence-electron chi connectivity index (χ1n) is 6.45. The van der Waals surface area contributed by atoms with Gasteiger partial charge >= 0.3 is 0 Å². The summed E-state index contributed by atoms with van der Waals surface area (Å²) >= 11 is 6.35. The zero-order chi connectivity index (χ0) is 14.7. The Morgan fingerprint density at radius 3 is 2.30 bits per heavy atom. The number of ether oxygens (including phenoxy) is 1. The minimum atomic E-state index is -0.0205. The molecule has 2 rings (SSSR count). The molecular formula is C16H19ClN2O. The van der Waals surface area contributed by atoms with Gasteiger partial charge in [0.2, 0.25) is 0 Å². The van der Waals surface area contributed by atoms with Gasteiger partial charge in [-0.2, -0.15) is 0 Å². The molecular weight excluding hydrogens is 272 g/mol. The van der Waals surface area contributed by atoms with Gasteiger partial charge in [0.1, 0.15) is 5.75 Å². The molecule has 2 N–H and O–H groups in total. The molecule has 2 aromatic rings. The van der Waals surface area contributed by atoms with Gasteiger partial charge < -0.3 is 15.4 Å². The third-order valence-corrected chi connectivity index (χ3v) is 3.62. The van der Waals surface area contributed by atoms with Crippen LogP contribution in [0.3, 0.4) is 0 Å². The van der Waals surface area contributed by atoms with Gasteiger partial charge in [0.25, 0.3) is 0 Å². The van der Waals surface area contributed by atoms with Crippen LogP contribution in [-0.4, -0.2) is 14.2 Å². The molecule has 0 saturated carbocycles. The molecule has 0 spiro atoms. The maximum absolute atomic E-state index is 6.35. The van der Waals surface area contributed by atoms with Crippen molar-refractivity contribution in [3.8, 4) is 5.75 Å². The fraction of sp³-hybridized carbons (Fsp3) is 0.250. The fourth-order valence-corrected chi connectivity index (χ4v) is 2.34. The molecule has 4 heteroatoms. The molecule has 3 nitrogen and oxygen atoms in total. The zero-order valence-corrected chi connectivity index (χ0v) is 12.7.